The van der Waals surface area contributed by atoms with Gasteiger partial charge in [-0.2, -0.15) is 12.7 Å². The van der Waals surface area contributed by atoms with Crippen molar-refractivity contribution in [3.63, 3.8) is 0 Å². The number of rotatable bonds is 3. The van der Waals surface area contributed by atoms with Crippen molar-refractivity contribution in [2.75, 3.05) is 23.5 Å². The monoisotopic (exact) mass is 287 g/mol. The molecule has 1 heterocycles. The van der Waals surface area contributed by atoms with E-state index in [1.54, 1.807) is 0 Å². The molecule has 19 heavy (non-hydrogen) atoms. The van der Waals surface area contributed by atoms with Gasteiger partial charge in [0.05, 0.1) is 5.69 Å². The van der Waals surface area contributed by atoms with E-state index in [9.17, 15) is 12.8 Å². The lowest BCUT2D eigenvalue weighted by Gasteiger charge is -2.29. The molecule has 7 heteroatoms. The molecule has 0 unspecified atom stereocenters. The number of nitrogens with one attached hydrogen (secondary N) is 1. The minimum absolute atomic E-state index is 0.0761. The number of nitrogens with two attached hydrogens (primary N) is 1. The molecule has 1 aromatic rings. The highest BCUT2D eigenvalue weighted by Crippen LogP contribution is 2.22. The smallest absolute Gasteiger partial charge is 0.301 e. The predicted molar refractivity (Wildman–Crippen MR) is 73.3 cm³/mol. The van der Waals surface area contributed by atoms with Crippen molar-refractivity contribution >= 4 is 21.6 Å². The molecule has 0 atom stereocenters. The van der Waals surface area contributed by atoms with Crippen LogP contribution < -0.4 is 10.5 Å². The third-order valence-electron chi connectivity index (χ3n) is 3.31. The van der Waals surface area contributed by atoms with Gasteiger partial charge >= 0.3 is 10.2 Å². The van der Waals surface area contributed by atoms with Gasteiger partial charge in [-0.3, -0.25) is 4.72 Å². The molecule has 3 N–H and O–H groups in total. The quantitative estimate of drug-likeness (QED) is 0.832. The molecule has 1 saturated heterocycles. The fourth-order valence-corrected chi connectivity index (χ4v) is 3.31. The SMILES string of the molecule is CC1CCN(S(=O)(=O)Nc2ccc(N)cc2F)CC1. The molecule has 106 valence electrons. The molecule has 0 amide bonds. The summed E-state index contributed by atoms with van der Waals surface area (Å²) < 4.78 is 41.4. The highest BCUT2D eigenvalue weighted by Gasteiger charge is 2.26. The van der Waals surface area contributed by atoms with Crippen LogP contribution in [-0.2, 0) is 10.2 Å². The lowest BCUT2D eigenvalue weighted by Crippen LogP contribution is -2.41. The van der Waals surface area contributed by atoms with E-state index in [1.165, 1.54) is 16.4 Å². The molecule has 0 bridgehead atoms. The van der Waals surface area contributed by atoms with Gasteiger partial charge in [-0.15, -0.1) is 0 Å². The topological polar surface area (TPSA) is 75.4 Å². The average Bonchev–Trinajstić information content (AvgIpc) is 2.33. The molecule has 5 nitrogen and oxygen atoms in total. The van der Waals surface area contributed by atoms with E-state index in [-0.39, 0.29) is 11.4 Å². The molecule has 0 spiro atoms. The lowest BCUT2D eigenvalue weighted by molar-refractivity contribution is 0.289. The maximum atomic E-state index is 13.6. The normalized spacial score (nSPS) is 18.4. The average molecular weight is 287 g/mol. The standard InChI is InChI=1S/C12H18FN3O2S/c1-9-4-6-16(7-5-9)19(17,18)15-12-3-2-10(14)8-11(12)13/h2-3,8-9,15H,4-7,14H2,1H3. The zero-order valence-corrected chi connectivity index (χ0v) is 11.6. The van der Waals surface area contributed by atoms with Crippen molar-refractivity contribution in [3.8, 4) is 0 Å². The van der Waals surface area contributed by atoms with Crippen LogP contribution in [0.25, 0.3) is 0 Å². The van der Waals surface area contributed by atoms with Crippen molar-refractivity contribution in [2.24, 2.45) is 5.92 Å². The summed E-state index contributed by atoms with van der Waals surface area (Å²) in [6, 6.07) is 3.88. The Kier molecular flexibility index (Phi) is 3.96. The Morgan fingerprint density at radius 2 is 2.00 bits per heavy atom. The van der Waals surface area contributed by atoms with Gasteiger partial charge in [-0.1, -0.05) is 6.92 Å². The molecule has 0 radical (unpaired) electrons. The maximum absolute atomic E-state index is 13.6. The van der Waals surface area contributed by atoms with Crippen molar-refractivity contribution in [1.82, 2.24) is 4.31 Å². The van der Waals surface area contributed by atoms with Gasteiger partial charge in [-0.05, 0) is 37.0 Å². The number of nitrogens with zero attached hydrogens (tertiary/aromatic N) is 1. The van der Waals surface area contributed by atoms with Crippen molar-refractivity contribution in [3.05, 3.63) is 24.0 Å². The van der Waals surface area contributed by atoms with Crippen LogP contribution >= 0.6 is 0 Å². The van der Waals surface area contributed by atoms with Gasteiger partial charge < -0.3 is 5.73 Å². The number of hydrogen-bond acceptors (Lipinski definition) is 3. The van der Waals surface area contributed by atoms with Crippen LogP contribution in [0.15, 0.2) is 18.2 Å². The van der Waals surface area contributed by atoms with Crippen LogP contribution in [0.4, 0.5) is 15.8 Å². The van der Waals surface area contributed by atoms with Gasteiger partial charge in [0.2, 0.25) is 0 Å². The van der Waals surface area contributed by atoms with Crippen LogP contribution in [-0.4, -0.2) is 25.8 Å². The number of halogens is 1. The second-order valence-electron chi connectivity index (χ2n) is 4.93. The van der Waals surface area contributed by atoms with E-state index >= 15 is 0 Å². The molecule has 2 rings (SSSR count). The lowest BCUT2D eigenvalue weighted by atomic mass is 10.0. The largest absolute Gasteiger partial charge is 0.399 e. The summed E-state index contributed by atoms with van der Waals surface area (Å²) in [7, 11) is -3.69. The molecule has 1 fully saturated rings. The summed E-state index contributed by atoms with van der Waals surface area (Å²) in [4.78, 5) is 0. The fourth-order valence-electron chi connectivity index (χ4n) is 2.04. The third-order valence-corrected chi connectivity index (χ3v) is 4.84. The summed E-state index contributed by atoms with van der Waals surface area (Å²) in [6.07, 6.45) is 1.65. The van der Waals surface area contributed by atoms with Gasteiger partial charge in [-0.25, -0.2) is 4.39 Å². The number of piperidine rings is 1. The van der Waals surface area contributed by atoms with Crippen molar-refractivity contribution < 1.29 is 12.8 Å². The first-order chi connectivity index (χ1) is 8.88. The van der Waals surface area contributed by atoms with Gasteiger partial charge in [0.25, 0.3) is 0 Å². The zero-order chi connectivity index (χ0) is 14.0. The Balaban J connectivity index is 2.12. The van der Waals surface area contributed by atoms with Crippen molar-refractivity contribution in [1.29, 1.82) is 0 Å². The Bertz CT molecular complexity index is 554. The van der Waals surface area contributed by atoms with E-state index in [1.807, 2.05) is 0 Å². The Labute approximate surface area is 112 Å². The number of benzene rings is 1. The van der Waals surface area contributed by atoms with E-state index in [0.717, 1.165) is 18.9 Å². The summed E-state index contributed by atoms with van der Waals surface area (Å²) in [5, 5.41) is 0. The van der Waals surface area contributed by atoms with Crippen LogP contribution in [0.5, 0.6) is 0 Å². The fraction of sp³-hybridized carbons (Fsp3) is 0.500. The zero-order valence-electron chi connectivity index (χ0n) is 10.8. The Hall–Kier alpha value is -1.34. The van der Waals surface area contributed by atoms with Crippen LogP contribution in [0.1, 0.15) is 19.8 Å². The first kappa shape index (κ1) is 14.1. The number of hydrogen-bond donors (Lipinski definition) is 2. The number of anilines is 2. The van der Waals surface area contributed by atoms with E-state index in [2.05, 4.69) is 11.6 Å². The molecule has 1 aliphatic heterocycles. The Morgan fingerprint density at radius 3 is 2.58 bits per heavy atom. The highest BCUT2D eigenvalue weighted by atomic mass is 32.2. The second-order valence-corrected chi connectivity index (χ2v) is 6.60. The van der Waals surface area contributed by atoms with E-state index in [0.29, 0.717) is 19.0 Å². The van der Waals surface area contributed by atoms with Crippen LogP contribution in [0.2, 0.25) is 0 Å². The molecule has 0 aliphatic carbocycles. The van der Waals surface area contributed by atoms with E-state index in [4.69, 9.17) is 5.73 Å². The van der Waals surface area contributed by atoms with E-state index < -0.39 is 16.0 Å². The van der Waals surface area contributed by atoms with Crippen LogP contribution in [0.3, 0.4) is 0 Å². The number of nitrogen functional groups attached to an aromatic ring is 1. The van der Waals surface area contributed by atoms with Gasteiger partial charge in [0, 0.05) is 18.8 Å². The summed E-state index contributed by atoms with van der Waals surface area (Å²) >= 11 is 0. The van der Waals surface area contributed by atoms with Crippen molar-refractivity contribution in [2.45, 2.75) is 19.8 Å². The summed E-state index contributed by atoms with van der Waals surface area (Å²) in [5.41, 5.74) is 5.60. The third kappa shape index (κ3) is 3.36. The van der Waals surface area contributed by atoms with Crippen LogP contribution in [0, 0.1) is 11.7 Å². The minimum Gasteiger partial charge on any atom is -0.399 e. The van der Waals surface area contributed by atoms with Gasteiger partial charge in [0.15, 0.2) is 0 Å². The highest BCUT2D eigenvalue weighted by molar-refractivity contribution is 7.90. The molecule has 0 aromatic heterocycles. The summed E-state index contributed by atoms with van der Waals surface area (Å²) in [6.45, 7) is 3.03. The minimum atomic E-state index is -3.69. The maximum Gasteiger partial charge on any atom is 0.301 e. The first-order valence-electron chi connectivity index (χ1n) is 6.21. The van der Waals surface area contributed by atoms with Gasteiger partial charge in [0.1, 0.15) is 5.82 Å². The Morgan fingerprint density at radius 1 is 1.37 bits per heavy atom. The first-order valence-corrected chi connectivity index (χ1v) is 7.65. The summed E-state index contributed by atoms with van der Waals surface area (Å²) in [5.74, 6) is -0.145. The molecule has 1 aliphatic rings. The molecular formula is C12H18FN3O2S. The molecule has 1 aromatic carbocycles. The predicted octanol–water partition coefficient (Wildman–Crippen LogP) is 1.80. The molecule has 0 saturated carbocycles. The second kappa shape index (κ2) is 5.34. The molecular weight excluding hydrogens is 269 g/mol.